The van der Waals surface area contributed by atoms with Crippen LogP contribution in [0.4, 0.5) is 13.2 Å². The van der Waals surface area contributed by atoms with Crippen molar-refractivity contribution in [2.45, 2.75) is 50.9 Å². The number of alkyl halides is 3. The molecule has 2 rings (SSSR count). The van der Waals surface area contributed by atoms with Crippen molar-refractivity contribution in [2.75, 3.05) is 6.54 Å². The summed E-state index contributed by atoms with van der Waals surface area (Å²) in [4.78, 5) is 0. The monoisotopic (exact) mass is 287 g/mol. The summed E-state index contributed by atoms with van der Waals surface area (Å²) in [5.74, 6) is 0.195. The molecule has 2 atom stereocenters. The van der Waals surface area contributed by atoms with Crippen LogP contribution in [0.5, 0.6) is 5.75 Å². The van der Waals surface area contributed by atoms with Gasteiger partial charge in [0.25, 0.3) is 0 Å². The van der Waals surface area contributed by atoms with Crippen LogP contribution >= 0.6 is 0 Å². The Bertz CT molecular complexity index is 433. The molecule has 0 bridgehead atoms. The zero-order valence-corrected chi connectivity index (χ0v) is 11.5. The van der Waals surface area contributed by atoms with Crippen LogP contribution in [0.2, 0.25) is 0 Å². The van der Waals surface area contributed by atoms with Gasteiger partial charge in [0.15, 0.2) is 0 Å². The van der Waals surface area contributed by atoms with Crippen molar-refractivity contribution >= 4 is 0 Å². The smallest absolute Gasteiger partial charge is 0.406 e. The van der Waals surface area contributed by atoms with Crippen LogP contribution in [0.15, 0.2) is 24.3 Å². The zero-order chi connectivity index (χ0) is 14.6. The minimum Gasteiger partial charge on any atom is -0.406 e. The topological polar surface area (TPSA) is 21.3 Å². The molecule has 0 radical (unpaired) electrons. The highest BCUT2D eigenvalue weighted by atomic mass is 19.4. The summed E-state index contributed by atoms with van der Waals surface area (Å²) in [6.45, 7) is 3.12. The Hall–Kier alpha value is -1.23. The van der Waals surface area contributed by atoms with Crippen molar-refractivity contribution in [3.63, 3.8) is 0 Å². The first-order valence-corrected chi connectivity index (χ1v) is 7.07. The third-order valence-corrected chi connectivity index (χ3v) is 3.68. The average Bonchev–Trinajstić information content (AvgIpc) is 2.83. The first-order chi connectivity index (χ1) is 9.48. The van der Waals surface area contributed by atoms with Crippen LogP contribution in [-0.2, 0) is 0 Å². The standard InChI is InChI=1S/C15H20F3NO/c1-2-8-19-13-7-6-12(9-13)11-4-3-5-14(10-11)20-15(16,17)18/h3-5,10,12-13,19H,2,6-9H2,1H3. The largest absolute Gasteiger partial charge is 0.573 e. The maximum Gasteiger partial charge on any atom is 0.573 e. The Morgan fingerprint density at radius 2 is 2.10 bits per heavy atom. The van der Waals surface area contributed by atoms with E-state index >= 15 is 0 Å². The molecule has 112 valence electrons. The fraction of sp³-hybridized carbons (Fsp3) is 0.600. The molecule has 2 unspecified atom stereocenters. The second kappa shape index (κ2) is 6.48. The third-order valence-electron chi connectivity index (χ3n) is 3.68. The predicted molar refractivity (Wildman–Crippen MR) is 71.8 cm³/mol. The first-order valence-electron chi connectivity index (χ1n) is 7.07. The van der Waals surface area contributed by atoms with Gasteiger partial charge in [-0.3, -0.25) is 0 Å². The van der Waals surface area contributed by atoms with E-state index in [1.54, 1.807) is 6.07 Å². The van der Waals surface area contributed by atoms with Gasteiger partial charge in [0, 0.05) is 6.04 Å². The fourth-order valence-corrected chi connectivity index (χ4v) is 2.78. The second-order valence-corrected chi connectivity index (χ2v) is 5.28. The highest BCUT2D eigenvalue weighted by Crippen LogP contribution is 2.36. The Balaban J connectivity index is 1.98. The van der Waals surface area contributed by atoms with Gasteiger partial charge >= 0.3 is 6.36 Å². The van der Waals surface area contributed by atoms with Gasteiger partial charge in [0.1, 0.15) is 5.75 Å². The SMILES string of the molecule is CCCNC1CCC(c2cccc(OC(F)(F)F)c2)C1. The van der Waals surface area contributed by atoms with Gasteiger partial charge in [-0.2, -0.15) is 0 Å². The van der Waals surface area contributed by atoms with Crippen LogP contribution in [0.25, 0.3) is 0 Å². The van der Waals surface area contributed by atoms with Gasteiger partial charge in [-0.15, -0.1) is 13.2 Å². The van der Waals surface area contributed by atoms with Gasteiger partial charge in [0.05, 0.1) is 0 Å². The summed E-state index contributed by atoms with van der Waals surface area (Å²) in [5.41, 5.74) is 0.938. The van der Waals surface area contributed by atoms with E-state index in [0.29, 0.717) is 12.0 Å². The lowest BCUT2D eigenvalue weighted by Crippen LogP contribution is -2.26. The van der Waals surface area contributed by atoms with Crippen molar-refractivity contribution in [3.05, 3.63) is 29.8 Å². The Morgan fingerprint density at radius 1 is 1.30 bits per heavy atom. The molecule has 1 fully saturated rings. The highest BCUT2D eigenvalue weighted by molar-refractivity contribution is 5.31. The number of hydrogen-bond donors (Lipinski definition) is 1. The molecule has 2 nitrogen and oxygen atoms in total. The highest BCUT2D eigenvalue weighted by Gasteiger charge is 2.31. The molecule has 1 aliphatic rings. The molecular formula is C15H20F3NO. The third kappa shape index (κ3) is 4.40. The fourth-order valence-electron chi connectivity index (χ4n) is 2.78. The summed E-state index contributed by atoms with van der Waals surface area (Å²) in [6.07, 6.45) is -0.461. The summed E-state index contributed by atoms with van der Waals surface area (Å²) in [6, 6.07) is 6.85. The minimum absolute atomic E-state index is 0.125. The molecule has 20 heavy (non-hydrogen) atoms. The van der Waals surface area contributed by atoms with Crippen LogP contribution < -0.4 is 10.1 Å². The molecule has 0 spiro atoms. The maximum absolute atomic E-state index is 12.2. The second-order valence-electron chi connectivity index (χ2n) is 5.28. The quantitative estimate of drug-likeness (QED) is 0.875. The van der Waals surface area contributed by atoms with Gasteiger partial charge in [-0.25, -0.2) is 0 Å². The van der Waals surface area contributed by atoms with E-state index in [-0.39, 0.29) is 5.75 Å². The molecular weight excluding hydrogens is 267 g/mol. The van der Waals surface area contributed by atoms with E-state index < -0.39 is 6.36 Å². The lowest BCUT2D eigenvalue weighted by Gasteiger charge is -2.15. The lowest BCUT2D eigenvalue weighted by molar-refractivity contribution is -0.274. The number of benzene rings is 1. The van der Waals surface area contributed by atoms with E-state index in [4.69, 9.17) is 0 Å². The molecule has 1 saturated carbocycles. The Kier molecular flexibility index (Phi) is 4.91. The predicted octanol–water partition coefficient (Wildman–Crippen LogP) is 4.22. The number of ether oxygens (including phenoxy) is 1. The molecule has 1 aromatic carbocycles. The van der Waals surface area contributed by atoms with Gasteiger partial charge in [-0.05, 0) is 55.8 Å². The average molecular weight is 287 g/mol. The maximum atomic E-state index is 12.2. The van der Waals surface area contributed by atoms with E-state index in [1.807, 2.05) is 6.07 Å². The number of hydrogen-bond acceptors (Lipinski definition) is 2. The molecule has 1 N–H and O–H groups in total. The van der Waals surface area contributed by atoms with Crippen LogP contribution in [0.3, 0.4) is 0 Å². The van der Waals surface area contributed by atoms with E-state index in [1.165, 1.54) is 12.1 Å². The lowest BCUT2D eigenvalue weighted by atomic mass is 9.97. The Morgan fingerprint density at radius 3 is 2.80 bits per heavy atom. The molecule has 0 saturated heterocycles. The molecule has 1 aliphatic carbocycles. The van der Waals surface area contributed by atoms with Gasteiger partial charge < -0.3 is 10.1 Å². The molecule has 5 heteroatoms. The van der Waals surface area contributed by atoms with Crippen molar-refractivity contribution < 1.29 is 17.9 Å². The number of rotatable bonds is 5. The van der Waals surface area contributed by atoms with Crippen molar-refractivity contribution in [1.29, 1.82) is 0 Å². The summed E-state index contributed by atoms with van der Waals surface area (Å²) in [7, 11) is 0. The van der Waals surface area contributed by atoms with Crippen LogP contribution in [0.1, 0.15) is 44.1 Å². The van der Waals surface area contributed by atoms with Crippen LogP contribution in [0, 0.1) is 0 Å². The molecule has 0 aromatic heterocycles. The molecule has 0 heterocycles. The van der Waals surface area contributed by atoms with Gasteiger partial charge in [-0.1, -0.05) is 19.1 Å². The molecule has 0 aliphatic heterocycles. The van der Waals surface area contributed by atoms with Crippen molar-refractivity contribution in [3.8, 4) is 5.75 Å². The zero-order valence-electron chi connectivity index (χ0n) is 11.5. The summed E-state index contributed by atoms with van der Waals surface area (Å²) < 4.78 is 40.6. The first kappa shape index (κ1) is 15.2. The number of halogens is 3. The normalized spacial score (nSPS) is 23.0. The van der Waals surface area contributed by atoms with E-state index in [0.717, 1.165) is 37.8 Å². The Labute approximate surface area is 117 Å². The summed E-state index contributed by atoms with van der Waals surface area (Å²) >= 11 is 0. The van der Waals surface area contributed by atoms with E-state index in [9.17, 15) is 13.2 Å². The van der Waals surface area contributed by atoms with Gasteiger partial charge in [0.2, 0.25) is 0 Å². The molecule has 0 amide bonds. The van der Waals surface area contributed by atoms with Crippen molar-refractivity contribution in [2.24, 2.45) is 0 Å². The van der Waals surface area contributed by atoms with Crippen molar-refractivity contribution in [1.82, 2.24) is 5.32 Å². The molecule has 1 aromatic rings. The minimum atomic E-state index is -4.63. The van der Waals surface area contributed by atoms with E-state index in [2.05, 4.69) is 17.0 Å². The summed E-state index contributed by atoms with van der Waals surface area (Å²) in [5, 5.41) is 3.47. The van der Waals surface area contributed by atoms with Crippen LogP contribution in [-0.4, -0.2) is 18.9 Å². The number of nitrogens with one attached hydrogen (secondary N) is 1.